The maximum absolute atomic E-state index is 10.7. The molecule has 0 radical (unpaired) electrons. The molecule has 0 aromatic carbocycles. The highest BCUT2D eigenvalue weighted by molar-refractivity contribution is 5.92. The molecule has 72 valence electrons. The lowest BCUT2D eigenvalue weighted by molar-refractivity contribution is -0.161. The Morgan fingerprint density at radius 2 is 2.00 bits per heavy atom. The largest absolute Gasteiger partial charge is 0.469 e. The van der Waals surface area contributed by atoms with Crippen molar-refractivity contribution in [2.45, 2.75) is 6.42 Å². The number of ether oxygens (including phenoxy) is 1. The van der Waals surface area contributed by atoms with Crippen LogP contribution in [0, 0.1) is 0 Å². The standard InChI is InChI=1S/C7H9NO5/c1-3-5(9)8-13-7(11)4-6(10)12-2/h3H,1,4H2,2H3,(H,8,9). The second-order valence-electron chi connectivity index (χ2n) is 1.90. The normalized spacial score (nSPS) is 8.38. The molecule has 0 heterocycles. The highest BCUT2D eigenvalue weighted by Crippen LogP contribution is 1.86. The first kappa shape index (κ1) is 11.2. The predicted octanol–water partition coefficient (Wildman–Crippen LogP) is -0.690. The van der Waals surface area contributed by atoms with E-state index in [2.05, 4.69) is 16.2 Å². The first-order chi connectivity index (χ1) is 6.10. The zero-order chi connectivity index (χ0) is 10.3. The third kappa shape index (κ3) is 5.42. The molecule has 0 fully saturated rings. The van der Waals surface area contributed by atoms with Crippen molar-refractivity contribution in [2.75, 3.05) is 7.11 Å². The van der Waals surface area contributed by atoms with E-state index in [9.17, 15) is 14.4 Å². The molecule has 0 rings (SSSR count). The summed E-state index contributed by atoms with van der Waals surface area (Å²) in [6.45, 7) is 3.12. The zero-order valence-corrected chi connectivity index (χ0v) is 7.03. The van der Waals surface area contributed by atoms with E-state index >= 15 is 0 Å². The summed E-state index contributed by atoms with van der Waals surface area (Å²) in [4.78, 5) is 35.7. The maximum atomic E-state index is 10.7. The van der Waals surface area contributed by atoms with E-state index in [1.54, 1.807) is 5.48 Å². The van der Waals surface area contributed by atoms with Gasteiger partial charge in [-0.1, -0.05) is 6.58 Å². The fourth-order valence-electron chi connectivity index (χ4n) is 0.375. The van der Waals surface area contributed by atoms with Crippen molar-refractivity contribution >= 4 is 17.8 Å². The Kier molecular flexibility index (Phi) is 4.94. The number of rotatable bonds is 3. The van der Waals surface area contributed by atoms with Gasteiger partial charge in [-0.05, 0) is 6.08 Å². The summed E-state index contributed by atoms with van der Waals surface area (Å²) in [5, 5.41) is 0. The van der Waals surface area contributed by atoms with E-state index in [0.29, 0.717) is 0 Å². The van der Waals surface area contributed by atoms with Crippen LogP contribution in [0.5, 0.6) is 0 Å². The highest BCUT2D eigenvalue weighted by atomic mass is 16.7. The van der Waals surface area contributed by atoms with Crippen LogP contribution in [0.25, 0.3) is 0 Å². The summed E-state index contributed by atoms with van der Waals surface area (Å²) >= 11 is 0. The Morgan fingerprint density at radius 3 is 2.46 bits per heavy atom. The van der Waals surface area contributed by atoms with Gasteiger partial charge in [0, 0.05) is 0 Å². The lowest BCUT2D eigenvalue weighted by Crippen LogP contribution is -2.26. The Morgan fingerprint density at radius 1 is 1.38 bits per heavy atom. The number of hydroxylamine groups is 1. The number of esters is 1. The molecule has 13 heavy (non-hydrogen) atoms. The molecule has 0 aromatic rings. The highest BCUT2D eigenvalue weighted by Gasteiger charge is 2.11. The van der Waals surface area contributed by atoms with Gasteiger partial charge in [0.2, 0.25) is 0 Å². The number of hydrogen-bond acceptors (Lipinski definition) is 5. The van der Waals surface area contributed by atoms with E-state index < -0.39 is 24.3 Å². The molecule has 0 saturated carbocycles. The van der Waals surface area contributed by atoms with Gasteiger partial charge in [-0.3, -0.25) is 9.59 Å². The number of carbonyl (C=O) groups is 3. The molecule has 0 aliphatic heterocycles. The minimum absolute atomic E-state index is 0.548. The van der Waals surface area contributed by atoms with Crippen molar-refractivity contribution in [3.8, 4) is 0 Å². The average Bonchev–Trinajstić information content (AvgIpc) is 2.13. The molecular formula is C7H9NO5. The number of hydrogen-bond donors (Lipinski definition) is 1. The summed E-state index contributed by atoms with van der Waals surface area (Å²) in [7, 11) is 1.14. The molecule has 1 N–H and O–H groups in total. The van der Waals surface area contributed by atoms with E-state index in [0.717, 1.165) is 13.2 Å². The molecule has 0 spiro atoms. The summed E-state index contributed by atoms with van der Waals surface area (Å²) in [6, 6.07) is 0. The zero-order valence-electron chi connectivity index (χ0n) is 7.03. The summed E-state index contributed by atoms with van der Waals surface area (Å²) in [5.74, 6) is -2.31. The van der Waals surface area contributed by atoms with Crippen LogP contribution in [0.3, 0.4) is 0 Å². The lowest BCUT2D eigenvalue weighted by atomic mass is 10.4. The molecular weight excluding hydrogens is 178 g/mol. The second-order valence-corrected chi connectivity index (χ2v) is 1.90. The van der Waals surface area contributed by atoms with E-state index in [1.165, 1.54) is 0 Å². The predicted molar refractivity (Wildman–Crippen MR) is 41.1 cm³/mol. The minimum Gasteiger partial charge on any atom is -0.469 e. The second kappa shape index (κ2) is 5.76. The van der Waals surface area contributed by atoms with Crippen LogP contribution in [0.4, 0.5) is 0 Å². The van der Waals surface area contributed by atoms with Crippen LogP contribution in [-0.4, -0.2) is 25.0 Å². The average molecular weight is 187 g/mol. The van der Waals surface area contributed by atoms with Crippen molar-refractivity contribution in [2.24, 2.45) is 0 Å². The smallest absolute Gasteiger partial charge is 0.343 e. The third-order valence-electron chi connectivity index (χ3n) is 0.967. The topological polar surface area (TPSA) is 81.7 Å². The first-order valence-corrected chi connectivity index (χ1v) is 3.29. The lowest BCUT2D eigenvalue weighted by Gasteiger charge is -2.01. The van der Waals surface area contributed by atoms with Crippen LogP contribution in [0.15, 0.2) is 12.7 Å². The van der Waals surface area contributed by atoms with Gasteiger partial charge in [0.15, 0.2) is 0 Å². The SMILES string of the molecule is C=CC(=O)NOC(=O)CC(=O)OC. The Hall–Kier alpha value is -1.85. The first-order valence-electron chi connectivity index (χ1n) is 3.29. The summed E-state index contributed by atoms with van der Waals surface area (Å²) in [6.07, 6.45) is 0.374. The minimum atomic E-state index is -0.901. The van der Waals surface area contributed by atoms with Crippen molar-refractivity contribution in [1.82, 2.24) is 5.48 Å². The van der Waals surface area contributed by atoms with Crippen LogP contribution < -0.4 is 5.48 Å². The van der Waals surface area contributed by atoms with Gasteiger partial charge < -0.3 is 9.57 Å². The van der Waals surface area contributed by atoms with E-state index in [1.807, 2.05) is 0 Å². The van der Waals surface area contributed by atoms with Gasteiger partial charge in [0.25, 0.3) is 5.91 Å². The Balaban J connectivity index is 3.69. The van der Waals surface area contributed by atoms with Crippen LogP contribution in [-0.2, 0) is 24.0 Å². The van der Waals surface area contributed by atoms with Crippen LogP contribution in [0.1, 0.15) is 6.42 Å². The fraction of sp³-hybridized carbons (Fsp3) is 0.286. The molecule has 0 aliphatic carbocycles. The van der Waals surface area contributed by atoms with Gasteiger partial charge in [0.05, 0.1) is 7.11 Å². The van der Waals surface area contributed by atoms with Gasteiger partial charge in [-0.15, -0.1) is 0 Å². The summed E-state index contributed by atoms with van der Waals surface area (Å²) in [5.41, 5.74) is 1.75. The molecule has 6 heteroatoms. The van der Waals surface area contributed by atoms with E-state index in [-0.39, 0.29) is 0 Å². The molecule has 0 saturated heterocycles. The van der Waals surface area contributed by atoms with Gasteiger partial charge in [-0.2, -0.15) is 5.48 Å². The van der Waals surface area contributed by atoms with Gasteiger partial charge in [-0.25, -0.2) is 4.79 Å². The maximum Gasteiger partial charge on any atom is 0.343 e. The van der Waals surface area contributed by atoms with Crippen molar-refractivity contribution in [1.29, 1.82) is 0 Å². The quantitative estimate of drug-likeness (QED) is 0.274. The van der Waals surface area contributed by atoms with Gasteiger partial charge in [0.1, 0.15) is 6.42 Å². The van der Waals surface area contributed by atoms with Crippen molar-refractivity contribution in [3.05, 3.63) is 12.7 Å². The Bertz CT molecular complexity index is 235. The molecule has 0 aromatic heterocycles. The van der Waals surface area contributed by atoms with Crippen LogP contribution >= 0.6 is 0 Å². The number of carbonyl (C=O) groups excluding carboxylic acids is 3. The van der Waals surface area contributed by atoms with Gasteiger partial charge >= 0.3 is 11.9 Å². The molecule has 0 aliphatic rings. The van der Waals surface area contributed by atoms with E-state index in [4.69, 9.17) is 0 Å². The molecule has 6 nitrogen and oxygen atoms in total. The number of amides is 1. The molecule has 0 atom stereocenters. The number of methoxy groups -OCH3 is 1. The van der Waals surface area contributed by atoms with Crippen molar-refractivity contribution < 1.29 is 24.0 Å². The fourth-order valence-corrected chi connectivity index (χ4v) is 0.375. The monoisotopic (exact) mass is 187 g/mol. The molecule has 0 unspecified atom stereocenters. The third-order valence-corrected chi connectivity index (χ3v) is 0.967. The van der Waals surface area contributed by atoms with Crippen LogP contribution in [0.2, 0.25) is 0 Å². The Labute approximate surface area is 74.5 Å². The number of nitrogens with one attached hydrogen (secondary N) is 1. The van der Waals surface area contributed by atoms with Crippen molar-refractivity contribution in [3.63, 3.8) is 0 Å². The summed E-state index contributed by atoms with van der Waals surface area (Å²) < 4.78 is 4.18. The molecule has 1 amide bonds. The molecule has 0 bridgehead atoms.